The molecule has 0 fully saturated rings. The molecule has 0 aliphatic carbocycles. The van der Waals surface area contributed by atoms with Crippen LogP contribution in [0, 0.1) is 12.8 Å². The molecular weight excluding hydrogens is 420 g/mol. The predicted molar refractivity (Wildman–Crippen MR) is 126 cm³/mol. The zero-order chi connectivity index (χ0) is 24.3. The van der Waals surface area contributed by atoms with Crippen LogP contribution in [0.4, 0.5) is 4.79 Å². The molecule has 1 aromatic heterocycles. The summed E-state index contributed by atoms with van der Waals surface area (Å²) in [6, 6.07) is 9.63. The van der Waals surface area contributed by atoms with Crippen LogP contribution in [0.2, 0.25) is 0 Å². The van der Waals surface area contributed by atoms with Crippen LogP contribution < -0.4 is 9.47 Å². The zero-order valence-corrected chi connectivity index (χ0v) is 20.6. The quantitative estimate of drug-likeness (QED) is 0.583. The van der Waals surface area contributed by atoms with Gasteiger partial charge in [0, 0.05) is 12.2 Å². The average molecular weight is 455 g/mol. The largest absolute Gasteiger partial charge is 0.495 e. The molecule has 2 heterocycles. The number of amides is 1. The Morgan fingerprint density at radius 1 is 1.21 bits per heavy atom. The van der Waals surface area contributed by atoms with E-state index in [-0.39, 0.29) is 17.7 Å². The van der Waals surface area contributed by atoms with Crippen LogP contribution in [0.1, 0.15) is 63.2 Å². The van der Waals surface area contributed by atoms with E-state index in [1.807, 2.05) is 37.3 Å². The van der Waals surface area contributed by atoms with Crippen molar-refractivity contribution in [3.63, 3.8) is 0 Å². The predicted octanol–water partition coefficient (Wildman–Crippen LogP) is 5.04. The Labute approximate surface area is 196 Å². The Morgan fingerprint density at radius 3 is 2.58 bits per heavy atom. The van der Waals surface area contributed by atoms with Gasteiger partial charge in [-0.25, -0.2) is 4.79 Å². The minimum Gasteiger partial charge on any atom is -0.495 e. The Hall–Kier alpha value is -3.09. The lowest BCUT2D eigenvalue weighted by atomic mass is 9.86. The number of benzene rings is 1. The van der Waals surface area contributed by atoms with E-state index in [0.717, 1.165) is 28.3 Å². The average Bonchev–Trinajstić information content (AvgIpc) is 2.76. The number of carbonyl (C=O) groups is 2. The molecule has 7 heteroatoms. The molecule has 0 saturated carbocycles. The van der Waals surface area contributed by atoms with Crippen LogP contribution in [0.25, 0.3) is 0 Å². The van der Waals surface area contributed by atoms with Crippen molar-refractivity contribution in [2.24, 2.45) is 5.92 Å². The number of carbonyl (C=O) groups excluding carboxylic acids is 2. The normalized spacial score (nSPS) is 15.8. The van der Waals surface area contributed by atoms with Gasteiger partial charge >= 0.3 is 6.09 Å². The maximum atomic E-state index is 13.0. The summed E-state index contributed by atoms with van der Waals surface area (Å²) in [7, 11) is 1.62. The summed E-state index contributed by atoms with van der Waals surface area (Å²) in [5.74, 6) is 1.43. The molecule has 7 nitrogen and oxygen atoms in total. The highest BCUT2D eigenvalue weighted by atomic mass is 16.6. The molecule has 0 bridgehead atoms. The summed E-state index contributed by atoms with van der Waals surface area (Å²) in [4.78, 5) is 31.1. The van der Waals surface area contributed by atoms with Crippen molar-refractivity contribution in [1.82, 2.24) is 9.88 Å². The summed E-state index contributed by atoms with van der Waals surface area (Å²) in [5, 5.41) is 0. The molecule has 1 aliphatic heterocycles. The van der Waals surface area contributed by atoms with Gasteiger partial charge in [-0.3, -0.25) is 9.78 Å². The smallest absolute Gasteiger partial charge is 0.411 e. The first-order valence-corrected chi connectivity index (χ1v) is 11.3. The van der Waals surface area contributed by atoms with Crippen molar-refractivity contribution in [2.75, 3.05) is 13.7 Å². The molecule has 0 N–H and O–H groups in total. The number of aryl methyl sites for hydroxylation is 1. The summed E-state index contributed by atoms with van der Waals surface area (Å²) in [5.41, 5.74) is 2.72. The van der Waals surface area contributed by atoms with Gasteiger partial charge in [0.25, 0.3) is 0 Å². The second-order valence-electron chi connectivity index (χ2n) is 9.32. The highest BCUT2D eigenvalue weighted by Crippen LogP contribution is 2.38. The van der Waals surface area contributed by atoms with Crippen LogP contribution in [0.15, 0.2) is 30.3 Å². The summed E-state index contributed by atoms with van der Waals surface area (Å²) in [6.07, 6.45) is 0.217. The van der Waals surface area contributed by atoms with E-state index in [1.54, 1.807) is 25.9 Å². The second-order valence-corrected chi connectivity index (χ2v) is 9.32. The molecule has 1 amide bonds. The summed E-state index contributed by atoms with van der Waals surface area (Å²) < 4.78 is 17.0. The molecular formula is C26H34N2O5. The summed E-state index contributed by atoms with van der Waals surface area (Å²) in [6.45, 7) is 11.6. The summed E-state index contributed by atoms with van der Waals surface area (Å²) >= 11 is 0. The SMILES string of the molecule is COc1ccc(C)nc1COc1ccc2c(c1)CCN(C(=O)OC(C)(C)C(C)=O)C2C(C)C. The van der Waals surface area contributed by atoms with Gasteiger partial charge in [0.05, 0.1) is 13.2 Å². The lowest BCUT2D eigenvalue weighted by Crippen LogP contribution is -2.46. The van der Waals surface area contributed by atoms with Gasteiger partial charge in [-0.05, 0) is 75.4 Å². The van der Waals surface area contributed by atoms with Crippen molar-refractivity contribution >= 4 is 11.9 Å². The second kappa shape index (κ2) is 9.81. The van der Waals surface area contributed by atoms with Crippen LogP contribution in [-0.4, -0.2) is 41.0 Å². The van der Waals surface area contributed by atoms with E-state index >= 15 is 0 Å². The fourth-order valence-corrected chi connectivity index (χ4v) is 4.04. The molecule has 1 aliphatic rings. The number of pyridine rings is 1. The van der Waals surface area contributed by atoms with E-state index in [0.29, 0.717) is 25.3 Å². The van der Waals surface area contributed by atoms with Gasteiger partial charge in [0.2, 0.25) is 0 Å². The van der Waals surface area contributed by atoms with Gasteiger partial charge in [-0.2, -0.15) is 0 Å². The molecule has 1 unspecified atom stereocenters. The highest BCUT2D eigenvalue weighted by Gasteiger charge is 2.37. The number of rotatable bonds is 7. The number of hydrogen-bond donors (Lipinski definition) is 0. The van der Waals surface area contributed by atoms with Crippen LogP contribution in [0.5, 0.6) is 11.5 Å². The van der Waals surface area contributed by atoms with Gasteiger partial charge in [0.1, 0.15) is 23.8 Å². The third kappa shape index (κ3) is 5.46. The molecule has 1 aromatic carbocycles. The van der Waals surface area contributed by atoms with E-state index in [2.05, 4.69) is 18.8 Å². The fraction of sp³-hybridized carbons (Fsp3) is 0.500. The Balaban J connectivity index is 1.79. The maximum absolute atomic E-state index is 13.0. The molecule has 1 atom stereocenters. The van der Waals surface area contributed by atoms with Gasteiger partial charge in [-0.1, -0.05) is 19.9 Å². The first-order valence-electron chi connectivity index (χ1n) is 11.3. The van der Waals surface area contributed by atoms with E-state index in [4.69, 9.17) is 14.2 Å². The molecule has 0 saturated heterocycles. The Kier molecular flexibility index (Phi) is 7.30. The standard InChI is InChI=1S/C26H34N2O5/c1-16(2)24-21-10-9-20(32-15-22-23(31-7)11-8-17(3)27-22)14-19(21)12-13-28(24)25(30)33-26(5,6)18(4)29/h8-11,14,16,24H,12-13,15H2,1-7H3. The first kappa shape index (κ1) is 24.6. The third-order valence-corrected chi connectivity index (χ3v) is 6.11. The third-order valence-electron chi connectivity index (χ3n) is 6.11. The first-order chi connectivity index (χ1) is 15.5. The molecule has 2 aromatic rings. The monoisotopic (exact) mass is 454 g/mol. The molecule has 178 valence electrons. The molecule has 0 radical (unpaired) electrons. The topological polar surface area (TPSA) is 78.0 Å². The number of fused-ring (bicyclic) bond motifs is 1. The van der Waals surface area contributed by atoms with Crippen molar-refractivity contribution < 1.29 is 23.8 Å². The number of hydrogen-bond acceptors (Lipinski definition) is 6. The molecule has 0 spiro atoms. The minimum absolute atomic E-state index is 0.142. The van der Waals surface area contributed by atoms with E-state index in [1.165, 1.54) is 6.92 Å². The Morgan fingerprint density at radius 2 is 1.94 bits per heavy atom. The number of methoxy groups -OCH3 is 1. The van der Waals surface area contributed by atoms with E-state index in [9.17, 15) is 9.59 Å². The van der Waals surface area contributed by atoms with Gasteiger partial charge in [-0.15, -0.1) is 0 Å². The van der Waals surface area contributed by atoms with Gasteiger partial charge in [0.15, 0.2) is 11.4 Å². The highest BCUT2D eigenvalue weighted by molar-refractivity contribution is 5.86. The number of Topliss-reactive ketones (excluding diaryl/α,β-unsaturated/α-hetero) is 1. The Bertz CT molecular complexity index is 1030. The minimum atomic E-state index is -1.15. The number of ketones is 1. The maximum Gasteiger partial charge on any atom is 0.411 e. The number of nitrogens with zero attached hydrogens (tertiary/aromatic N) is 2. The van der Waals surface area contributed by atoms with Crippen LogP contribution in [-0.2, 0) is 22.6 Å². The van der Waals surface area contributed by atoms with Crippen molar-refractivity contribution in [3.8, 4) is 11.5 Å². The number of ether oxygens (including phenoxy) is 3. The molecule has 33 heavy (non-hydrogen) atoms. The van der Waals surface area contributed by atoms with Crippen LogP contribution in [0.3, 0.4) is 0 Å². The zero-order valence-electron chi connectivity index (χ0n) is 20.6. The van der Waals surface area contributed by atoms with Crippen molar-refractivity contribution in [2.45, 2.75) is 66.2 Å². The van der Waals surface area contributed by atoms with Crippen molar-refractivity contribution in [3.05, 3.63) is 52.8 Å². The number of aromatic nitrogens is 1. The molecule has 3 rings (SSSR count). The van der Waals surface area contributed by atoms with Gasteiger partial charge < -0.3 is 19.1 Å². The van der Waals surface area contributed by atoms with E-state index < -0.39 is 11.7 Å². The van der Waals surface area contributed by atoms with Crippen LogP contribution >= 0.6 is 0 Å². The fourth-order valence-electron chi connectivity index (χ4n) is 4.04. The lowest BCUT2D eigenvalue weighted by molar-refractivity contribution is -0.133. The van der Waals surface area contributed by atoms with Crippen molar-refractivity contribution in [1.29, 1.82) is 0 Å². The lowest BCUT2D eigenvalue weighted by Gasteiger charge is -2.40.